The Bertz CT molecular complexity index is 911. The fraction of sp³-hybridized carbons (Fsp3) is 0.524. The van der Waals surface area contributed by atoms with Gasteiger partial charge in [-0.3, -0.25) is 4.79 Å². The van der Waals surface area contributed by atoms with E-state index in [1.807, 2.05) is 6.92 Å². The van der Waals surface area contributed by atoms with Gasteiger partial charge in [0.05, 0.1) is 13.2 Å². The molecule has 0 bridgehead atoms. The molecule has 2 aromatic rings. The van der Waals surface area contributed by atoms with E-state index in [4.69, 9.17) is 14.2 Å². The molecule has 0 radical (unpaired) electrons. The number of hydrogen-bond donors (Lipinski definition) is 2. The summed E-state index contributed by atoms with van der Waals surface area (Å²) in [4.78, 5) is 24.5. The van der Waals surface area contributed by atoms with Gasteiger partial charge in [-0.25, -0.2) is 4.79 Å². The molecule has 1 heterocycles. The van der Waals surface area contributed by atoms with Gasteiger partial charge in [-0.05, 0) is 54.8 Å². The summed E-state index contributed by atoms with van der Waals surface area (Å²) in [6.07, 6.45) is 5.53. The standard InChI is InChI=1S/C21H27BrN4O5/c1-3-29-16-10-14(19-20(25-26-24-19)21(28)30-4-2)15(22)11-17(16)31-12-18(27)23-13-8-6-5-7-9-13/h10-11,13H,3-9,12H2,1-2H3,(H,23,27)(H,24,25,26). The highest BCUT2D eigenvalue weighted by atomic mass is 79.9. The molecule has 9 nitrogen and oxygen atoms in total. The lowest BCUT2D eigenvalue weighted by molar-refractivity contribution is -0.124. The Kier molecular flexibility index (Phi) is 8.27. The molecule has 1 aromatic carbocycles. The summed E-state index contributed by atoms with van der Waals surface area (Å²) in [6.45, 7) is 4.08. The van der Waals surface area contributed by atoms with Crippen molar-refractivity contribution in [1.82, 2.24) is 20.7 Å². The van der Waals surface area contributed by atoms with Crippen LogP contribution in [0.15, 0.2) is 16.6 Å². The topological polar surface area (TPSA) is 115 Å². The smallest absolute Gasteiger partial charge is 0.361 e. The van der Waals surface area contributed by atoms with Gasteiger partial charge in [0.2, 0.25) is 0 Å². The number of aromatic nitrogens is 3. The maximum absolute atomic E-state index is 12.3. The van der Waals surface area contributed by atoms with Crippen LogP contribution < -0.4 is 14.8 Å². The number of H-pyrrole nitrogens is 1. The molecule has 31 heavy (non-hydrogen) atoms. The number of carbonyl (C=O) groups excluding carboxylic acids is 2. The van der Waals surface area contributed by atoms with Crippen LogP contribution in [0.25, 0.3) is 11.3 Å². The average molecular weight is 495 g/mol. The third-order valence-electron chi connectivity index (χ3n) is 4.93. The minimum Gasteiger partial charge on any atom is -0.490 e. The molecule has 1 saturated carbocycles. The maximum Gasteiger partial charge on any atom is 0.361 e. The predicted molar refractivity (Wildman–Crippen MR) is 117 cm³/mol. The summed E-state index contributed by atoms with van der Waals surface area (Å²) < 4.78 is 17.1. The zero-order valence-electron chi connectivity index (χ0n) is 17.7. The third kappa shape index (κ3) is 5.96. The summed E-state index contributed by atoms with van der Waals surface area (Å²) in [5.74, 6) is 0.118. The van der Waals surface area contributed by atoms with Gasteiger partial charge in [-0.2, -0.15) is 10.3 Å². The summed E-state index contributed by atoms with van der Waals surface area (Å²) in [5, 5.41) is 13.5. The zero-order valence-corrected chi connectivity index (χ0v) is 19.3. The molecule has 1 aliphatic carbocycles. The molecule has 0 saturated heterocycles. The van der Waals surface area contributed by atoms with Crippen molar-refractivity contribution in [3.8, 4) is 22.8 Å². The van der Waals surface area contributed by atoms with Crippen molar-refractivity contribution < 1.29 is 23.8 Å². The van der Waals surface area contributed by atoms with Gasteiger partial charge in [0, 0.05) is 16.1 Å². The van der Waals surface area contributed by atoms with Crippen molar-refractivity contribution in [3.63, 3.8) is 0 Å². The molecule has 1 fully saturated rings. The molecule has 1 aliphatic rings. The first-order chi connectivity index (χ1) is 15.0. The molecule has 3 rings (SSSR count). The van der Waals surface area contributed by atoms with Gasteiger partial charge in [-0.15, -0.1) is 5.10 Å². The third-order valence-corrected chi connectivity index (χ3v) is 5.59. The quantitative estimate of drug-likeness (QED) is 0.511. The fourth-order valence-electron chi connectivity index (χ4n) is 3.52. The van der Waals surface area contributed by atoms with Crippen LogP contribution in [0, 0.1) is 0 Å². The van der Waals surface area contributed by atoms with Gasteiger partial charge in [-0.1, -0.05) is 19.3 Å². The van der Waals surface area contributed by atoms with Crippen molar-refractivity contribution in [1.29, 1.82) is 0 Å². The number of benzene rings is 1. The highest BCUT2D eigenvalue weighted by Crippen LogP contribution is 2.39. The molecular weight excluding hydrogens is 468 g/mol. The highest BCUT2D eigenvalue weighted by molar-refractivity contribution is 9.10. The van der Waals surface area contributed by atoms with Crippen LogP contribution in [0.4, 0.5) is 0 Å². The van der Waals surface area contributed by atoms with E-state index in [0.717, 1.165) is 25.7 Å². The summed E-state index contributed by atoms with van der Waals surface area (Å²) >= 11 is 3.49. The van der Waals surface area contributed by atoms with Crippen LogP contribution in [0.1, 0.15) is 56.4 Å². The maximum atomic E-state index is 12.3. The second-order valence-corrected chi connectivity index (χ2v) is 8.00. The number of aromatic amines is 1. The Morgan fingerprint density at radius 1 is 1.10 bits per heavy atom. The van der Waals surface area contributed by atoms with E-state index in [1.54, 1.807) is 19.1 Å². The van der Waals surface area contributed by atoms with E-state index in [1.165, 1.54) is 6.42 Å². The number of carbonyl (C=O) groups is 2. The number of hydrogen-bond acceptors (Lipinski definition) is 7. The lowest BCUT2D eigenvalue weighted by Crippen LogP contribution is -2.39. The molecule has 1 aromatic heterocycles. The van der Waals surface area contributed by atoms with Crippen LogP contribution in [0.3, 0.4) is 0 Å². The molecule has 0 spiro atoms. The molecule has 0 aliphatic heterocycles. The number of amides is 1. The van der Waals surface area contributed by atoms with Gasteiger partial charge in [0.25, 0.3) is 5.91 Å². The van der Waals surface area contributed by atoms with E-state index in [9.17, 15) is 9.59 Å². The van der Waals surface area contributed by atoms with Crippen LogP contribution in [-0.4, -0.2) is 53.1 Å². The van der Waals surface area contributed by atoms with E-state index in [-0.39, 0.29) is 30.9 Å². The number of nitrogens with zero attached hydrogens (tertiary/aromatic N) is 2. The van der Waals surface area contributed by atoms with Gasteiger partial charge < -0.3 is 19.5 Å². The normalized spacial score (nSPS) is 14.2. The first kappa shape index (κ1) is 23.1. The minimum absolute atomic E-state index is 0.0746. The molecule has 10 heteroatoms. The van der Waals surface area contributed by atoms with E-state index < -0.39 is 5.97 Å². The first-order valence-electron chi connectivity index (χ1n) is 10.5. The summed E-state index contributed by atoms with van der Waals surface area (Å²) in [6, 6.07) is 3.61. The SMILES string of the molecule is CCOC(=O)c1n[nH]nc1-c1cc(OCC)c(OCC(=O)NC2CCCCC2)cc1Br. The minimum atomic E-state index is -0.573. The van der Waals surface area contributed by atoms with Gasteiger partial charge in [0.15, 0.2) is 23.8 Å². The monoisotopic (exact) mass is 494 g/mol. The molecule has 0 atom stereocenters. The molecular formula is C21H27BrN4O5. The van der Waals surface area contributed by atoms with Crippen molar-refractivity contribution in [2.24, 2.45) is 0 Å². The van der Waals surface area contributed by atoms with E-state index in [0.29, 0.717) is 33.8 Å². The van der Waals surface area contributed by atoms with Gasteiger partial charge >= 0.3 is 5.97 Å². The fourth-order valence-corrected chi connectivity index (χ4v) is 4.03. The first-order valence-corrected chi connectivity index (χ1v) is 11.3. The van der Waals surface area contributed by atoms with Crippen molar-refractivity contribution in [3.05, 3.63) is 22.3 Å². The average Bonchev–Trinajstić information content (AvgIpc) is 3.24. The van der Waals surface area contributed by atoms with Crippen LogP contribution >= 0.6 is 15.9 Å². The Hall–Kier alpha value is -2.62. The largest absolute Gasteiger partial charge is 0.490 e. The Morgan fingerprint density at radius 2 is 1.84 bits per heavy atom. The second-order valence-electron chi connectivity index (χ2n) is 7.14. The predicted octanol–water partition coefficient (Wildman–Crippen LogP) is 3.64. The zero-order chi connectivity index (χ0) is 22.2. The lowest BCUT2D eigenvalue weighted by atomic mass is 9.95. The summed E-state index contributed by atoms with van der Waals surface area (Å²) in [5.41, 5.74) is 0.984. The number of halogens is 1. The van der Waals surface area contributed by atoms with Crippen LogP contribution in [0.5, 0.6) is 11.5 Å². The van der Waals surface area contributed by atoms with E-state index >= 15 is 0 Å². The Balaban J connectivity index is 1.77. The van der Waals surface area contributed by atoms with Crippen LogP contribution in [-0.2, 0) is 9.53 Å². The lowest BCUT2D eigenvalue weighted by Gasteiger charge is -2.23. The number of rotatable bonds is 9. The van der Waals surface area contributed by atoms with Crippen molar-refractivity contribution in [2.75, 3.05) is 19.8 Å². The van der Waals surface area contributed by atoms with Crippen molar-refractivity contribution in [2.45, 2.75) is 52.0 Å². The molecule has 0 unspecified atom stereocenters. The van der Waals surface area contributed by atoms with Crippen LogP contribution in [0.2, 0.25) is 0 Å². The molecule has 168 valence electrons. The van der Waals surface area contributed by atoms with Crippen molar-refractivity contribution >= 4 is 27.8 Å². The number of ether oxygens (including phenoxy) is 3. The van der Waals surface area contributed by atoms with E-state index in [2.05, 4.69) is 36.7 Å². The summed E-state index contributed by atoms with van der Waals surface area (Å²) in [7, 11) is 0. The number of esters is 1. The molecule has 1 amide bonds. The Labute approximate surface area is 189 Å². The van der Waals surface area contributed by atoms with Gasteiger partial charge in [0.1, 0.15) is 5.69 Å². The molecule has 2 N–H and O–H groups in total. The number of nitrogens with one attached hydrogen (secondary N) is 2. The second kappa shape index (κ2) is 11.1. The Morgan fingerprint density at radius 3 is 2.55 bits per heavy atom. The highest BCUT2D eigenvalue weighted by Gasteiger charge is 2.23.